The van der Waals surface area contributed by atoms with Gasteiger partial charge in [0.1, 0.15) is 18.2 Å². The third kappa shape index (κ3) is 8.76. The molecule has 3 aromatic rings. The number of nitrogens with one attached hydrogen (secondary N) is 1. The quantitative estimate of drug-likeness (QED) is 0.408. The molecule has 2 amide bonds. The fourth-order valence-electron chi connectivity index (χ4n) is 4.85. The van der Waals surface area contributed by atoms with Crippen molar-refractivity contribution in [1.82, 2.24) is 19.8 Å². The van der Waals surface area contributed by atoms with Crippen LogP contribution >= 0.6 is 0 Å². The number of nitrogens with two attached hydrogens (primary N) is 1. The van der Waals surface area contributed by atoms with E-state index >= 15 is 0 Å². The van der Waals surface area contributed by atoms with Crippen LogP contribution in [0.1, 0.15) is 46.6 Å². The summed E-state index contributed by atoms with van der Waals surface area (Å²) < 4.78 is 55.4. The standard InChI is InChI=1S/C28H33F4N5O2.C2H5NO/c1-17(2)33-25(38)16-37-26(21-8-6-19(14-23(21)29)28(30,31)32)34-24-9-7-20(15-22(24)27(37)39)36-11-5-10-35(12-13-36)18(3)4;1-2(3)4/h6-9,14-15,17-18H,5,10-13,16H2,1-4H3,(H,33,38);1H3,(H2,3,4). The van der Waals surface area contributed by atoms with Gasteiger partial charge in [-0.2, -0.15) is 13.2 Å². The molecule has 2 heterocycles. The van der Waals surface area contributed by atoms with Crippen LogP contribution < -0.4 is 21.5 Å². The summed E-state index contributed by atoms with van der Waals surface area (Å²) in [5.74, 6) is -2.24. The maximum absolute atomic E-state index is 15.0. The summed E-state index contributed by atoms with van der Waals surface area (Å²) in [5, 5.41) is 2.93. The minimum atomic E-state index is -4.73. The molecule has 9 nitrogen and oxygen atoms in total. The van der Waals surface area contributed by atoms with Crippen molar-refractivity contribution in [2.45, 2.75) is 65.8 Å². The number of carbonyl (C=O) groups excluding carboxylic acids is 2. The molecule has 0 aliphatic carbocycles. The smallest absolute Gasteiger partial charge is 0.370 e. The number of rotatable bonds is 6. The Labute approximate surface area is 247 Å². The molecule has 0 spiro atoms. The van der Waals surface area contributed by atoms with Crippen molar-refractivity contribution in [3.63, 3.8) is 0 Å². The number of benzene rings is 2. The number of nitrogens with zero attached hydrogens (tertiary/aromatic N) is 4. The van der Waals surface area contributed by atoms with Crippen LogP contribution in [0.25, 0.3) is 22.3 Å². The van der Waals surface area contributed by atoms with E-state index in [1.54, 1.807) is 26.0 Å². The van der Waals surface area contributed by atoms with E-state index in [1.165, 1.54) is 6.92 Å². The summed E-state index contributed by atoms with van der Waals surface area (Å²) in [5.41, 5.74) is 3.53. The molecule has 0 atom stereocenters. The van der Waals surface area contributed by atoms with Crippen LogP contribution in [0.4, 0.5) is 23.2 Å². The Balaban J connectivity index is 0.00000119. The first-order valence-corrected chi connectivity index (χ1v) is 14.0. The first-order valence-electron chi connectivity index (χ1n) is 14.0. The van der Waals surface area contributed by atoms with Crippen molar-refractivity contribution in [3.8, 4) is 11.4 Å². The lowest BCUT2D eigenvalue weighted by atomic mass is 10.1. The molecule has 3 N–H and O–H groups in total. The van der Waals surface area contributed by atoms with Crippen LogP contribution in [0, 0.1) is 5.82 Å². The average Bonchev–Trinajstić information content (AvgIpc) is 3.15. The average molecular weight is 607 g/mol. The summed E-state index contributed by atoms with van der Waals surface area (Å²) in [6.45, 7) is 12.1. The van der Waals surface area contributed by atoms with Gasteiger partial charge in [0.2, 0.25) is 11.8 Å². The molecule has 0 bridgehead atoms. The molecule has 1 saturated heterocycles. The van der Waals surface area contributed by atoms with Crippen molar-refractivity contribution in [2.75, 3.05) is 31.1 Å². The number of halogens is 4. The number of aromatic nitrogens is 2. The number of amides is 2. The largest absolute Gasteiger partial charge is 0.416 e. The van der Waals surface area contributed by atoms with E-state index < -0.39 is 35.6 Å². The Morgan fingerprint density at radius 2 is 1.70 bits per heavy atom. The van der Waals surface area contributed by atoms with Gasteiger partial charge in [-0.1, -0.05) is 0 Å². The van der Waals surface area contributed by atoms with Gasteiger partial charge in [-0.3, -0.25) is 23.9 Å². The van der Waals surface area contributed by atoms with Gasteiger partial charge in [0.05, 0.1) is 22.0 Å². The molecular weight excluding hydrogens is 568 g/mol. The first-order chi connectivity index (χ1) is 20.1. The number of carbonyl (C=O) groups is 2. The van der Waals surface area contributed by atoms with Gasteiger partial charge >= 0.3 is 6.18 Å². The van der Waals surface area contributed by atoms with E-state index in [4.69, 9.17) is 0 Å². The number of hydrogen-bond acceptors (Lipinski definition) is 6. The van der Waals surface area contributed by atoms with Gasteiger partial charge in [0.25, 0.3) is 5.56 Å². The number of hydrogen-bond donors (Lipinski definition) is 2. The van der Waals surface area contributed by atoms with Crippen LogP contribution in [0.3, 0.4) is 0 Å². The van der Waals surface area contributed by atoms with Crippen LogP contribution in [0.5, 0.6) is 0 Å². The van der Waals surface area contributed by atoms with Crippen molar-refractivity contribution >= 4 is 28.4 Å². The number of primary amides is 1. The van der Waals surface area contributed by atoms with Crippen molar-refractivity contribution in [1.29, 1.82) is 0 Å². The Kier molecular flexibility index (Phi) is 10.9. The molecule has 0 radical (unpaired) electrons. The summed E-state index contributed by atoms with van der Waals surface area (Å²) in [6.07, 6.45) is -3.77. The highest BCUT2D eigenvalue weighted by atomic mass is 19.4. The van der Waals surface area contributed by atoms with E-state index in [-0.39, 0.29) is 34.2 Å². The van der Waals surface area contributed by atoms with Crippen LogP contribution in [0.2, 0.25) is 0 Å². The Morgan fingerprint density at radius 1 is 1.02 bits per heavy atom. The highest BCUT2D eigenvalue weighted by molar-refractivity contribution is 5.85. The van der Waals surface area contributed by atoms with Crippen LogP contribution in [-0.4, -0.2) is 64.5 Å². The molecular formula is C30H38F4N6O3. The van der Waals surface area contributed by atoms with Gasteiger partial charge in [0, 0.05) is 50.9 Å². The second-order valence-electron chi connectivity index (χ2n) is 11.0. The van der Waals surface area contributed by atoms with Gasteiger partial charge in [-0.15, -0.1) is 0 Å². The topological polar surface area (TPSA) is 114 Å². The normalized spacial score (nSPS) is 14.4. The lowest BCUT2D eigenvalue weighted by Gasteiger charge is -2.26. The fourth-order valence-corrected chi connectivity index (χ4v) is 4.85. The highest BCUT2D eigenvalue weighted by Gasteiger charge is 2.32. The molecule has 4 rings (SSSR count). The molecule has 1 aliphatic heterocycles. The summed E-state index contributed by atoms with van der Waals surface area (Å²) >= 11 is 0. The SMILES string of the molecule is CC(C)NC(=O)Cn1c(-c2ccc(C(F)(F)F)cc2F)nc2ccc(N3CCCN(C(C)C)CC3)cc2c1=O.CC(N)=O. The Morgan fingerprint density at radius 3 is 2.28 bits per heavy atom. The lowest BCUT2D eigenvalue weighted by Crippen LogP contribution is -2.37. The van der Waals surface area contributed by atoms with Crippen molar-refractivity contribution < 1.29 is 27.2 Å². The van der Waals surface area contributed by atoms with E-state index in [1.807, 2.05) is 6.07 Å². The maximum Gasteiger partial charge on any atom is 0.416 e. The zero-order chi connectivity index (χ0) is 32.1. The number of fused-ring (bicyclic) bond motifs is 1. The fraction of sp³-hybridized carbons (Fsp3) is 0.467. The molecule has 13 heteroatoms. The van der Waals surface area contributed by atoms with E-state index in [0.29, 0.717) is 12.1 Å². The Hall–Kier alpha value is -4.00. The van der Waals surface area contributed by atoms with Gasteiger partial charge in [-0.05, 0) is 70.5 Å². The van der Waals surface area contributed by atoms with Gasteiger partial charge in [-0.25, -0.2) is 9.37 Å². The van der Waals surface area contributed by atoms with Crippen LogP contribution in [0.15, 0.2) is 41.2 Å². The van der Waals surface area contributed by atoms with Crippen molar-refractivity contribution in [2.24, 2.45) is 5.73 Å². The second kappa shape index (κ2) is 14.0. The zero-order valence-corrected chi connectivity index (χ0v) is 25.0. The van der Waals surface area contributed by atoms with E-state index in [2.05, 4.69) is 39.7 Å². The van der Waals surface area contributed by atoms with Gasteiger partial charge in [0.15, 0.2) is 0 Å². The first kappa shape index (κ1) is 33.5. The lowest BCUT2D eigenvalue weighted by molar-refractivity contribution is -0.137. The second-order valence-corrected chi connectivity index (χ2v) is 11.0. The molecule has 1 aromatic heterocycles. The minimum absolute atomic E-state index is 0.215. The zero-order valence-electron chi connectivity index (χ0n) is 25.0. The molecule has 0 saturated carbocycles. The summed E-state index contributed by atoms with van der Waals surface area (Å²) in [7, 11) is 0. The number of anilines is 1. The molecule has 0 unspecified atom stereocenters. The maximum atomic E-state index is 15.0. The molecule has 43 heavy (non-hydrogen) atoms. The monoisotopic (exact) mass is 606 g/mol. The predicted molar refractivity (Wildman–Crippen MR) is 158 cm³/mol. The number of alkyl halides is 3. The third-order valence-corrected chi connectivity index (χ3v) is 6.85. The molecule has 234 valence electrons. The molecule has 1 aliphatic rings. The van der Waals surface area contributed by atoms with Crippen LogP contribution in [-0.2, 0) is 22.3 Å². The molecule has 1 fully saturated rings. The molecule has 2 aromatic carbocycles. The van der Waals surface area contributed by atoms with Gasteiger partial charge < -0.3 is 16.0 Å². The van der Waals surface area contributed by atoms with E-state index in [0.717, 1.165) is 55.0 Å². The van der Waals surface area contributed by atoms with E-state index in [9.17, 15) is 31.9 Å². The third-order valence-electron chi connectivity index (χ3n) is 6.85. The minimum Gasteiger partial charge on any atom is -0.370 e. The predicted octanol–water partition coefficient (Wildman–Crippen LogP) is 4.16. The highest BCUT2D eigenvalue weighted by Crippen LogP contribution is 2.33. The summed E-state index contributed by atoms with van der Waals surface area (Å²) in [6, 6.07) is 7.47. The van der Waals surface area contributed by atoms with Crippen molar-refractivity contribution in [3.05, 3.63) is 58.1 Å². The summed E-state index contributed by atoms with van der Waals surface area (Å²) in [4.78, 5) is 44.7. The Bertz CT molecular complexity index is 1520.